The Morgan fingerprint density at radius 1 is 0.341 bits per heavy atom. The van der Waals surface area contributed by atoms with Crippen LogP contribution in [0.3, 0.4) is 0 Å². The monoisotopic (exact) mass is 2120 g/mol. The highest BCUT2D eigenvalue weighted by molar-refractivity contribution is 8.00. The van der Waals surface area contributed by atoms with Gasteiger partial charge in [0, 0.05) is 24.3 Å². The molecule has 9 rings (SSSR count). The number of hydrogen-bond donors (Lipinski definition) is 9. The molecule has 0 spiro atoms. The van der Waals surface area contributed by atoms with E-state index in [1.54, 1.807) is 30.3 Å². The van der Waals surface area contributed by atoms with Crippen LogP contribution in [0.2, 0.25) is 78.3 Å². The first kappa shape index (κ1) is 126. The molecule has 0 heterocycles. The summed E-state index contributed by atoms with van der Waals surface area (Å²) in [6.07, 6.45) is 7.04. The van der Waals surface area contributed by atoms with Gasteiger partial charge in [0.25, 0.3) is 0 Å². The second-order valence-corrected chi connectivity index (χ2v) is 64.3. The standard InChI is InChI=1S/C18H28O3Si.C16H23F3O6SSi.C15H24O4Si.C12H14O3.C9H10O4.C8H8O4.C6H15ClSi.C3H7BO2.C2F6O5S2/c1-18(2,3)22(5,6)21-16-10-13(11-17(19)20-4)9-15(12-16)14-7-8-14;1-15(2,3)27(5,6)25-13-8-11(9-14(20)23-4)7-12(10-13)24-26(21,22)16(17,18)19;1-15(2,3)20(5,6)19-13-8-11(7-12(16)10-13)9-14(17)18-4;1-15-12(14)6-8-4-10(9-2-3-9)7-11(13)5-8;1-13-9(12)4-6-2-7(10)5-8(11)3-6;9-6-1-5(3-8(11)12)2-7(10)4-6;1-6(2,3)8(4,5)7;5-4(6)3-1-2-3;3-1(4,5)14(9,10)13-15(11,12)2(6,7)8/h9-10,12,14H,7-8,11H2,1-6H3;7-8,10H,9H2,1-6H3;7-8,10,16H,9H2,1-6H3;4-5,7,9,13H,2-3,6H2,1H3;2-3,5,10-11H,4H2,1H3;1-2,4,9-10H,3H2,(H,11,12);1-5H3;3,5-6H,1-2H2;. The van der Waals surface area contributed by atoms with E-state index in [1.165, 1.54) is 96.1 Å². The number of carbonyl (C=O) groups is 6. The highest BCUT2D eigenvalue weighted by atomic mass is 35.6. The fourth-order valence-corrected chi connectivity index (χ4v) is 14.6. The van der Waals surface area contributed by atoms with Gasteiger partial charge in [-0.25, -0.2) is 0 Å². The first-order valence-corrected chi connectivity index (χ1v) is 59.3. The summed E-state index contributed by atoms with van der Waals surface area (Å²) >= 11 is 6.15. The predicted octanol–water partition coefficient (Wildman–Crippen LogP) is 19.2. The van der Waals surface area contributed by atoms with Crippen molar-refractivity contribution in [3.8, 4) is 57.5 Å². The molecule has 31 nitrogen and oxygen atoms in total. The number of aliphatic carboxylic acids is 1. The van der Waals surface area contributed by atoms with Crippen LogP contribution in [0.15, 0.2) is 109 Å². The number of halogens is 10. The zero-order valence-corrected chi connectivity index (χ0v) is 88.9. The summed E-state index contributed by atoms with van der Waals surface area (Å²) in [4.78, 5) is 66.5. The molecule has 3 aliphatic rings. The van der Waals surface area contributed by atoms with Crippen LogP contribution in [-0.2, 0) is 125 Å². The summed E-state index contributed by atoms with van der Waals surface area (Å²) in [5.41, 5.74) is -12.1. The molecule has 9 N–H and O–H groups in total. The Labute approximate surface area is 809 Å². The van der Waals surface area contributed by atoms with Crippen molar-refractivity contribution in [3.05, 3.63) is 154 Å². The van der Waals surface area contributed by atoms with Crippen LogP contribution >= 0.6 is 11.1 Å². The van der Waals surface area contributed by atoms with Crippen molar-refractivity contribution in [2.75, 3.05) is 35.5 Å². The lowest BCUT2D eigenvalue weighted by Crippen LogP contribution is -2.43. The zero-order chi connectivity index (χ0) is 107. The second-order valence-electron chi connectivity index (χ2n) is 38.0. The number of carboxylic acid groups (broad SMARTS) is 1. The predicted molar refractivity (Wildman–Crippen MR) is 509 cm³/mol. The Morgan fingerprint density at radius 3 is 0.819 bits per heavy atom. The van der Waals surface area contributed by atoms with Crippen LogP contribution in [0.1, 0.15) is 178 Å². The van der Waals surface area contributed by atoms with Crippen LogP contribution in [0.25, 0.3) is 0 Å². The van der Waals surface area contributed by atoms with E-state index in [-0.39, 0.29) is 117 Å². The zero-order valence-electron chi connectivity index (χ0n) is 81.7. The number of ether oxygens (including phenoxy) is 5. The Kier molecular flexibility index (Phi) is 47.4. The van der Waals surface area contributed by atoms with Crippen molar-refractivity contribution < 1.29 is 184 Å². The van der Waals surface area contributed by atoms with Gasteiger partial charge < -0.3 is 86.9 Å². The number of rotatable bonds is 25. The number of methoxy groups -OCH3 is 5. The number of benzene rings is 6. The molecule has 0 radical (unpaired) electrons. The smallest absolute Gasteiger partial charge is 0.534 e. The van der Waals surface area contributed by atoms with Crippen molar-refractivity contribution in [2.45, 2.75) is 267 Å². The molecule has 49 heteroatoms. The third kappa shape index (κ3) is 46.7. The van der Waals surface area contributed by atoms with Crippen molar-refractivity contribution in [1.82, 2.24) is 0 Å². The second kappa shape index (κ2) is 51.8. The van der Waals surface area contributed by atoms with Gasteiger partial charge in [0.15, 0.2) is 7.38 Å². The molecule has 0 unspecified atom stereocenters. The van der Waals surface area contributed by atoms with E-state index in [0.29, 0.717) is 45.7 Å². The number of aromatic hydroxyl groups is 6. The molecule has 0 aromatic heterocycles. The lowest BCUT2D eigenvalue weighted by Gasteiger charge is -2.36. The van der Waals surface area contributed by atoms with E-state index in [0.717, 1.165) is 60.6 Å². The molecule has 0 saturated heterocycles. The van der Waals surface area contributed by atoms with Crippen LogP contribution in [0.5, 0.6) is 57.5 Å². The van der Waals surface area contributed by atoms with Crippen LogP contribution in [-0.4, -0.2) is 198 Å². The first-order valence-electron chi connectivity index (χ1n) is 42.3. The lowest BCUT2D eigenvalue weighted by atomic mass is 9.84. The maximum atomic E-state index is 12.6. The highest BCUT2D eigenvalue weighted by Crippen LogP contribution is 2.47. The summed E-state index contributed by atoms with van der Waals surface area (Å²) in [6, 6.07) is 27.9. The van der Waals surface area contributed by atoms with Gasteiger partial charge in [0.1, 0.15) is 57.5 Å². The van der Waals surface area contributed by atoms with Crippen LogP contribution < -0.4 is 17.5 Å². The first-order chi connectivity index (χ1) is 62.3. The van der Waals surface area contributed by atoms with E-state index < -0.39 is 110 Å². The molecular weight excluding hydrogens is 1990 g/mol. The molecular formula is C89H129BClF9O31S3Si4. The van der Waals surface area contributed by atoms with Crippen molar-refractivity contribution >= 4 is 117 Å². The minimum atomic E-state index is -6.85. The maximum Gasteiger partial charge on any atom is 0.534 e. The fraction of sp³-hybridized carbons (Fsp3) is 0.528. The SMILES string of the molecule is CC(C)(C)[Si](C)(C)Cl.COC(=O)Cc1cc(O)cc(C2CC2)c1.COC(=O)Cc1cc(O)cc(O)c1.COC(=O)Cc1cc(O)cc(O[Si](C)(C)C(C)(C)C)c1.COC(=O)Cc1cc(O[Si](C)(C)C(C)(C)C)cc(C2CC2)c1.COC(=O)Cc1cc(O[Si](C)(C)C(C)(C)C)cc(OS(=O)(=O)C(F)(F)F)c1.O=C(O)Cc1cc(O)cc(O)c1.O=S(=O)(OS(=O)(=O)C(F)(F)F)C(F)(F)F.OB(O)C1CC1. The van der Waals surface area contributed by atoms with Crippen molar-refractivity contribution in [1.29, 1.82) is 0 Å². The minimum absolute atomic E-state index is 0.0401. The van der Waals surface area contributed by atoms with Gasteiger partial charge in [-0.2, -0.15) is 75.8 Å². The number of esters is 5. The fourth-order valence-electron chi connectivity index (χ4n) is 9.59. The Balaban J connectivity index is 0.000000796. The Hall–Kier alpha value is -9.54. The molecule has 3 saturated carbocycles. The average molecular weight is 2120 g/mol. The van der Waals surface area contributed by atoms with E-state index in [2.05, 4.69) is 137 Å². The van der Waals surface area contributed by atoms with Gasteiger partial charge in [-0.05, 0) is 220 Å². The van der Waals surface area contributed by atoms with Crippen molar-refractivity contribution in [2.24, 2.45) is 0 Å². The molecule has 138 heavy (non-hydrogen) atoms. The van der Waals surface area contributed by atoms with Gasteiger partial charge in [-0.15, -0.1) is 3.63 Å². The van der Waals surface area contributed by atoms with Crippen molar-refractivity contribution in [3.63, 3.8) is 0 Å². The van der Waals surface area contributed by atoms with Crippen LogP contribution in [0, 0.1) is 0 Å². The largest absolute Gasteiger partial charge is 0.543 e. The number of alkyl halides is 9. The molecule has 6 aromatic rings. The summed E-state index contributed by atoms with van der Waals surface area (Å²) in [5, 5.41) is 80.5. The summed E-state index contributed by atoms with van der Waals surface area (Å²) in [6.45, 7) is 42.6. The van der Waals surface area contributed by atoms with E-state index >= 15 is 0 Å². The van der Waals surface area contributed by atoms with Crippen LogP contribution in [0.4, 0.5) is 39.5 Å². The van der Waals surface area contributed by atoms with E-state index in [1.807, 2.05) is 49.6 Å². The molecule has 3 fully saturated rings. The molecule has 0 aliphatic heterocycles. The molecule has 0 amide bonds. The molecule has 0 atom stereocenters. The molecule has 6 aromatic carbocycles. The summed E-state index contributed by atoms with van der Waals surface area (Å²) < 4.78 is 216. The minimum Gasteiger partial charge on any atom is -0.543 e. The Morgan fingerprint density at radius 2 is 0.572 bits per heavy atom. The molecule has 778 valence electrons. The van der Waals surface area contributed by atoms with E-state index in [9.17, 15) is 104 Å². The summed E-state index contributed by atoms with van der Waals surface area (Å²) in [5.74, 6) is -0.480. The lowest BCUT2D eigenvalue weighted by molar-refractivity contribution is -0.140. The number of carboxylic acids is 1. The van der Waals surface area contributed by atoms with E-state index in [4.69, 9.17) is 64.7 Å². The van der Waals surface area contributed by atoms with Gasteiger partial charge in [0.2, 0.25) is 25.0 Å². The average Bonchev–Trinajstić information content (AvgIpc) is 1.08. The molecule has 0 bridgehead atoms. The Bertz CT molecular complexity index is 5320. The number of phenolic OH excluding ortho intramolecular Hbond substituents is 6. The number of phenols is 6. The number of carbonyl (C=O) groups excluding carboxylic acids is 5. The third-order valence-electron chi connectivity index (χ3n) is 21.7. The summed E-state index contributed by atoms with van der Waals surface area (Å²) in [7, 11) is -21.6. The third-order valence-corrected chi connectivity index (χ3v) is 43.6. The normalized spacial score (nSPS) is 13.6. The number of hydrogen-bond acceptors (Lipinski definition) is 30. The maximum absolute atomic E-state index is 12.6. The highest BCUT2D eigenvalue weighted by Gasteiger charge is 2.58. The quantitative estimate of drug-likeness (QED) is 0.00489. The van der Waals surface area contributed by atoms with Gasteiger partial charge in [-0.1, -0.05) is 121 Å². The van der Waals surface area contributed by atoms with Gasteiger partial charge in [-0.3, -0.25) is 28.8 Å². The molecule has 3 aliphatic carbocycles. The van der Waals surface area contributed by atoms with Gasteiger partial charge >= 0.3 is 89.8 Å². The van der Waals surface area contributed by atoms with Gasteiger partial charge in [0.05, 0.1) is 74.1 Å². The topological polar surface area (TPSA) is 479 Å².